The van der Waals surface area contributed by atoms with E-state index in [4.69, 9.17) is 0 Å². The number of nitrogens with one attached hydrogen (secondary N) is 1. The van der Waals surface area contributed by atoms with Gasteiger partial charge in [-0.15, -0.1) is 0 Å². The van der Waals surface area contributed by atoms with E-state index in [1.807, 2.05) is 0 Å². The van der Waals surface area contributed by atoms with Crippen LogP contribution in [-0.2, 0) is 0 Å². The molecule has 2 atom stereocenters. The SMILES string of the molecule is CC1CNCC(C)CN(CCCCC(F)(F)F)C1. The number of halogens is 3. The van der Waals surface area contributed by atoms with Crippen molar-refractivity contribution in [1.29, 1.82) is 0 Å². The van der Waals surface area contributed by atoms with E-state index in [2.05, 4.69) is 24.1 Å². The first kappa shape index (κ1) is 15.8. The maximum atomic E-state index is 12.0. The van der Waals surface area contributed by atoms with Gasteiger partial charge in [-0.05, 0) is 44.3 Å². The minimum Gasteiger partial charge on any atom is -0.316 e. The zero-order valence-corrected chi connectivity index (χ0v) is 11.4. The molecule has 0 spiro atoms. The van der Waals surface area contributed by atoms with Gasteiger partial charge in [0.2, 0.25) is 0 Å². The lowest BCUT2D eigenvalue weighted by Gasteiger charge is -2.31. The number of nitrogens with zero attached hydrogens (tertiary/aromatic N) is 1. The molecule has 0 aromatic heterocycles. The highest BCUT2D eigenvalue weighted by atomic mass is 19.4. The van der Waals surface area contributed by atoms with Crippen LogP contribution in [0.3, 0.4) is 0 Å². The Balaban J connectivity index is 2.25. The number of hydrogen-bond acceptors (Lipinski definition) is 2. The average Bonchev–Trinajstić information content (AvgIpc) is 2.20. The fraction of sp³-hybridized carbons (Fsp3) is 1.00. The van der Waals surface area contributed by atoms with Crippen LogP contribution in [0.5, 0.6) is 0 Å². The molecule has 0 amide bonds. The standard InChI is InChI=1S/C13H25F3N2/c1-11-7-17-8-12(2)10-18(9-11)6-4-3-5-13(14,15)16/h11-12,17H,3-10H2,1-2H3. The largest absolute Gasteiger partial charge is 0.389 e. The Labute approximate surface area is 108 Å². The number of rotatable bonds is 4. The van der Waals surface area contributed by atoms with Crippen molar-refractivity contribution in [1.82, 2.24) is 10.2 Å². The van der Waals surface area contributed by atoms with Crippen LogP contribution in [0.1, 0.15) is 33.1 Å². The van der Waals surface area contributed by atoms with Crippen LogP contribution in [-0.4, -0.2) is 43.8 Å². The molecular formula is C13H25F3N2. The molecule has 0 aromatic rings. The Morgan fingerprint density at radius 2 is 1.61 bits per heavy atom. The molecule has 2 unspecified atom stereocenters. The Morgan fingerprint density at radius 3 is 2.11 bits per heavy atom. The van der Waals surface area contributed by atoms with Gasteiger partial charge in [-0.3, -0.25) is 0 Å². The molecule has 1 rings (SSSR count). The van der Waals surface area contributed by atoms with Gasteiger partial charge in [0.15, 0.2) is 0 Å². The monoisotopic (exact) mass is 266 g/mol. The van der Waals surface area contributed by atoms with Crippen molar-refractivity contribution >= 4 is 0 Å². The van der Waals surface area contributed by atoms with Crippen molar-refractivity contribution in [3.8, 4) is 0 Å². The van der Waals surface area contributed by atoms with Gasteiger partial charge in [0, 0.05) is 19.5 Å². The van der Waals surface area contributed by atoms with Crippen LogP contribution in [0, 0.1) is 11.8 Å². The van der Waals surface area contributed by atoms with Gasteiger partial charge in [0.25, 0.3) is 0 Å². The summed E-state index contributed by atoms with van der Waals surface area (Å²) in [7, 11) is 0. The molecule has 1 fully saturated rings. The van der Waals surface area contributed by atoms with Crippen molar-refractivity contribution in [3.05, 3.63) is 0 Å². The van der Waals surface area contributed by atoms with E-state index in [0.29, 0.717) is 18.3 Å². The van der Waals surface area contributed by atoms with Gasteiger partial charge in [-0.25, -0.2) is 0 Å². The van der Waals surface area contributed by atoms with Gasteiger partial charge in [0.1, 0.15) is 0 Å². The normalized spacial score (nSPS) is 27.8. The molecule has 1 aliphatic rings. The first-order valence-electron chi connectivity index (χ1n) is 6.86. The highest BCUT2D eigenvalue weighted by Gasteiger charge is 2.26. The molecule has 0 saturated carbocycles. The van der Waals surface area contributed by atoms with Gasteiger partial charge >= 0.3 is 6.18 Å². The fourth-order valence-electron chi connectivity index (χ4n) is 2.50. The summed E-state index contributed by atoms with van der Waals surface area (Å²) in [5.41, 5.74) is 0. The molecule has 1 saturated heterocycles. The first-order valence-corrected chi connectivity index (χ1v) is 6.86. The minimum atomic E-state index is -4.00. The van der Waals surface area contributed by atoms with Gasteiger partial charge < -0.3 is 10.2 Å². The molecule has 2 nitrogen and oxygen atoms in total. The van der Waals surface area contributed by atoms with Crippen LogP contribution in [0.15, 0.2) is 0 Å². The van der Waals surface area contributed by atoms with Crippen molar-refractivity contribution < 1.29 is 13.2 Å². The third-order valence-corrected chi connectivity index (χ3v) is 3.31. The lowest BCUT2D eigenvalue weighted by Crippen LogP contribution is -2.42. The Morgan fingerprint density at radius 1 is 1.06 bits per heavy atom. The summed E-state index contributed by atoms with van der Waals surface area (Å²) in [4.78, 5) is 2.33. The fourth-order valence-corrected chi connectivity index (χ4v) is 2.50. The van der Waals surface area contributed by atoms with Gasteiger partial charge in [0.05, 0.1) is 0 Å². The van der Waals surface area contributed by atoms with Crippen LogP contribution >= 0.6 is 0 Å². The highest BCUT2D eigenvalue weighted by molar-refractivity contribution is 4.73. The number of hydrogen-bond donors (Lipinski definition) is 1. The highest BCUT2D eigenvalue weighted by Crippen LogP contribution is 2.22. The zero-order chi connectivity index (χ0) is 13.6. The number of unbranched alkanes of at least 4 members (excludes halogenated alkanes) is 1. The van der Waals surface area contributed by atoms with E-state index >= 15 is 0 Å². The van der Waals surface area contributed by atoms with E-state index in [1.54, 1.807) is 0 Å². The summed E-state index contributed by atoms with van der Waals surface area (Å²) in [6, 6.07) is 0. The molecule has 108 valence electrons. The average molecular weight is 266 g/mol. The molecule has 1 heterocycles. The molecule has 0 aliphatic carbocycles. The summed E-state index contributed by atoms with van der Waals surface area (Å²) < 4.78 is 36.1. The quantitative estimate of drug-likeness (QED) is 0.787. The molecule has 0 bridgehead atoms. The molecular weight excluding hydrogens is 241 g/mol. The molecule has 1 aliphatic heterocycles. The lowest BCUT2D eigenvalue weighted by molar-refractivity contribution is -0.135. The second-order valence-corrected chi connectivity index (χ2v) is 5.70. The Kier molecular flexibility index (Phi) is 6.43. The topological polar surface area (TPSA) is 15.3 Å². The van der Waals surface area contributed by atoms with Crippen LogP contribution in [0.4, 0.5) is 13.2 Å². The Bertz CT molecular complexity index is 219. The van der Waals surface area contributed by atoms with Gasteiger partial charge in [-0.1, -0.05) is 13.8 Å². The molecule has 18 heavy (non-hydrogen) atoms. The van der Waals surface area contributed by atoms with Crippen molar-refractivity contribution in [2.24, 2.45) is 11.8 Å². The summed E-state index contributed by atoms with van der Waals surface area (Å²) in [5, 5.41) is 3.42. The Hall–Kier alpha value is -0.290. The third-order valence-electron chi connectivity index (χ3n) is 3.31. The van der Waals surface area contributed by atoms with E-state index in [9.17, 15) is 13.2 Å². The number of alkyl halides is 3. The predicted molar refractivity (Wildman–Crippen MR) is 67.5 cm³/mol. The molecule has 5 heteroatoms. The lowest BCUT2D eigenvalue weighted by atomic mass is 10.0. The third kappa shape index (κ3) is 7.21. The summed E-state index contributed by atoms with van der Waals surface area (Å²) >= 11 is 0. The summed E-state index contributed by atoms with van der Waals surface area (Å²) in [6.07, 6.45) is -3.75. The smallest absolute Gasteiger partial charge is 0.316 e. The minimum absolute atomic E-state index is 0.251. The van der Waals surface area contributed by atoms with Crippen LogP contribution in [0.25, 0.3) is 0 Å². The van der Waals surface area contributed by atoms with E-state index in [-0.39, 0.29) is 6.42 Å². The molecule has 0 radical (unpaired) electrons. The van der Waals surface area contributed by atoms with Gasteiger partial charge in [-0.2, -0.15) is 13.2 Å². The van der Waals surface area contributed by atoms with Crippen LogP contribution in [0.2, 0.25) is 0 Å². The maximum Gasteiger partial charge on any atom is 0.389 e. The zero-order valence-electron chi connectivity index (χ0n) is 11.4. The van der Waals surface area contributed by atoms with Crippen molar-refractivity contribution in [2.75, 3.05) is 32.7 Å². The van der Waals surface area contributed by atoms with Crippen molar-refractivity contribution in [2.45, 2.75) is 39.3 Å². The van der Waals surface area contributed by atoms with E-state index < -0.39 is 12.6 Å². The van der Waals surface area contributed by atoms with Crippen LogP contribution < -0.4 is 5.32 Å². The summed E-state index contributed by atoms with van der Waals surface area (Å²) in [5.74, 6) is 1.14. The van der Waals surface area contributed by atoms with Crippen molar-refractivity contribution in [3.63, 3.8) is 0 Å². The summed E-state index contributed by atoms with van der Waals surface area (Å²) in [6.45, 7) is 9.15. The van der Waals surface area contributed by atoms with E-state index in [0.717, 1.165) is 32.7 Å². The first-order chi connectivity index (χ1) is 8.37. The second kappa shape index (κ2) is 7.34. The molecule has 0 aromatic carbocycles. The predicted octanol–water partition coefficient (Wildman–Crippen LogP) is 2.90. The maximum absolute atomic E-state index is 12.0. The van der Waals surface area contributed by atoms with E-state index in [1.165, 1.54) is 0 Å². The molecule has 1 N–H and O–H groups in total. The second-order valence-electron chi connectivity index (χ2n) is 5.70.